The minimum atomic E-state index is -0.515. The molecule has 0 spiro atoms. The molecule has 0 bridgehead atoms. The van der Waals surface area contributed by atoms with Crippen molar-refractivity contribution in [3.05, 3.63) is 42.5 Å². The summed E-state index contributed by atoms with van der Waals surface area (Å²) in [5.41, 5.74) is 1.32. The Morgan fingerprint density at radius 2 is 1.31 bits per heavy atom. The zero-order chi connectivity index (χ0) is 11.5. The van der Waals surface area contributed by atoms with Gasteiger partial charge in [-0.1, -0.05) is 18.2 Å². The van der Waals surface area contributed by atoms with E-state index in [1.54, 1.807) is 0 Å². The van der Waals surface area contributed by atoms with E-state index in [0.29, 0.717) is 5.69 Å². The second-order valence-corrected chi connectivity index (χ2v) is 3.35. The third kappa shape index (κ3) is 2.00. The molecule has 0 aliphatic heterocycles. The van der Waals surface area contributed by atoms with E-state index in [0.717, 1.165) is 5.69 Å². The Bertz CT molecular complexity index is 474. The molecule has 0 saturated heterocycles. The van der Waals surface area contributed by atoms with Crippen LogP contribution >= 0.6 is 0 Å². The molecule has 0 aromatic heterocycles. The topological polar surface area (TPSA) is 72.7 Å². The van der Waals surface area contributed by atoms with E-state index in [1.165, 1.54) is 12.1 Å². The van der Waals surface area contributed by atoms with E-state index >= 15 is 0 Å². The van der Waals surface area contributed by atoms with Crippen LogP contribution in [0.4, 0.5) is 11.4 Å². The van der Waals surface area contributed by atoms with E-state index in [9.17, 15) is 10.2 Å². The van der Waals surface area contributed by atoms with Gasteiger partial charge < -0.3 is 20.6 Å². The molecule has 2 aromatic rings. The van der Waals surface area contributed by atoms with Crippen LogP contribution in [0.25, 0.3) is 0 Å². The molecule has 0 atom stereocenters. The van der Waals surface area contributed by atoms with Crippen molar-refractivity contribution >= 4 is 11.4 Å². The third-order valence-electron chi connectivity index (χ3n) is 2.13. The average Bonchev–Trinajstić information content (AvgIpc) is 2.27. The van der Waals surface area contributed by atoms with Crippen LogP contribution in [0.3, 0.4) is 0 Å². The van der Waals surface area contributed by atoms with Crippen LogP contribution < -0.4 is 5.32 Å². The first kappa shape index (κ1) is 10.2. The first-order chi connectivity index (χ1) is 7.66. The van der Waals surface area contributed by atoms with Crippen molar-refractivity contribution in [3.8, 4) is 17.2 Å². The van der Waals surface area contributed by atoms with Crippen LogP contribution in [0.5, 0.6) is 17.2 Å². The minimum Gasteiger partial charge on any atom is -0.504 e. The maximum atomic E-state index is 9.31. The fourth-order valence-electron chi connectivity index (χ4n) is 1.36. The molecule has 4 nitrogen and oxygen atoms in total. The summed E-state index contributed by atoms with van der Waals surface area (Å²) in [6, 6.07) is 12.0. The lowest BCUT2D eigenvalue weighted by molar-refractivity contribution is 0.368. The molecule has 2 aromatic carbocycles. The van der Waals surface area contributed by atoms with Gasteiger partial charge in [0.1, 0.15) is 0 Å². The first-order valence-electron chi connectivity index (χ1n) is 4.74. The number of hydrogen-bond acceptors (Lipinski definition) is 4. The van der Waals surface area contributed by atoms with Gasteiger partial charge in [-0.25, -0.2) is 0 Å². The molecule has 16 heavy (non-hydrogen) atoms. The lowest BCUT2D eigenvalue weighted by Crippen LogP contribution is -1.89. The van der Waals surface area contributed by atoms with Crippen LogP contribution in [0.1, 0.15) is 0 Å². The highest BCUT2D eigenvalue weighted by Gasteiger charge is 2.07. The minimum absolute atomic E-state index is 0.363. The number of nitrogens with one attached hydrogen (secondary N) is 1. The number of para-hydroxylation sites is 1. The molecule has 0 heterocycles. The molecule has 0 unspecified atom stereocenters. The van der Waals surface area contributed by atoms with Crippen LogP contribution in [-0.2, 0) is 0 Å². The number of phenols is 3. The Morgan fingerprint density at radius 3 is 1.88 bits per heavy atom. The summed E-state index contributed by atoms with van der Waals surface area (Å²) >= 11 is 0. The second-order valence-electron chi connectivity index (χ2n) is 3.35. The largest absolute Gasteiger partial charge is 0.504 e. The van der Waals surface area contributed by atoms with Gasteiger partial charge in [-0.05, 0) is 12.1 Å². The van der Waals surface area contributed by atoms with Gasteiger partial charge >= 0.3 is 0 Å². The standard InChI is InChI=1S/C12H11NO3/c14-10-6-9(7-11(15)12(10)16)13-8-4-2-1-3-5-8/h1-7,13-16H. The van der Waals surface area contributed by atoms with Gasteiger partial charge in [-0.3, -0.25) is 0 Å². The summed E-state index contributed by atoms with van der Waals surface area (Å²) in [6.07, 6.45) is 0. The number of benzene rings is 2. The monoisotopic (exact) mass is 217 g/mol. The number of rotatable bonds is 2. The normalized spacial score (nSPS) is 10.0. The Balaban J connectivity index is 2.29. The fourth-order valence-corrected chi connectivity index (χ4v) is 1.36. The van der Waals surface area contributed by atoms with Gasteiger partial charge in [-0.2, -0.15) is 0 Å². The number of hydrogen-bond donors (Lipinski definition) is 4. The Morgan fingerprint density at radius 1 is 0.750 bits per heavy atom. The molecule has 0 saturated carbocycles. The van der Waals surface area contributed by atoms with Crippen molar-refractivity contribution in [2.24, 2.45) is 0 Å². The van der Waals surface area contributed by atoms with Crippen LogP contribution in [0.15, 0.2) is 42.5 Å². The zero-order valence-corrected chi connectivity index (χ0v) is 8.38. The smallest absolute Gasteiger partial charge is 0.200 e. The molecule has 82 valence electrons. The number of phenolic OH excluding ortho intramolecular Hbond substituents is 3. The van der Waals surface area contributed by atoms with Gasteiger partial charge in [0.25, 0.3) is 0 Å². The van der Waals surface area contributed by atoms with Crippen molar-refractivity contribution in [2.75, 3.05) is 5.32 Å². The zero-order valence-electron chi connectivity index (χ0n) is 8.38. The summed E-state index contributed by atoms with van der Waals surface area (Å²) in [4.78, 5) is 0. The lowest BCUT2D eigenvalue weighted by Gasteiger charge is -2.08. The maximum absolute atomic E-state index is 9.31. The summed E-state index contributed by atoms with van der Waals surface area (Å²) < 4.78 is 0. The molecule has 0 radical (unpaired) electrons. The molecule has 0 fully saturated rings. The summed E-state index contributed by atoms with van der Waals surface area (Å²) in [5, 5.41) is 30.8. The van der Waals surface area contributed by atoms with Gasteiger partial charge in [0, 0.05) is 23.5 Å². The molecule has 4 heteroatoms. The van der Waals surface area contributed by atoms with Crippen LogP contribution in [0, 0.1) is 0 Å². The molecular weight excluding hydrogens is 206 g/mol. The second kappa shape index (κ2) is 4.02. The van der Waals surface area contributed by atoms with Crippen molar-refractivity contribution in [1.82, 2.24) is 0 Å². The highest BCUT2D eigenvalue weighted by atomic mass is 16.3. The highest BCUT2D eigenvalue weighted by molar-refractivity contribution is 5.66. The van der Waals surface area contributed by atoms with Gasteiger partial charge in [0.15, 0.2) is 17.2 Å². The molecule has 0 amide bonds. The van der Waals surface area contributed by atoms with Gasteiger partial charge in [0.05, 0.1) is 0 Å². The number of aromatic hydroxyl groups is 3. The molecule has 2 rings (SSSR count). The molecular formula is C12H11NO3. The Kier molecular flexibility index (Phi) is 2.55. The van der Waals surface area contributed by atoms with Crippen molar-refractivity contribution in [2.45, 2.75) is 0 Å². The van der Waals surface area contributed by atoms with Crippen molar-refractivity contribution in [3.63, 3.8) is 0 Å². The average molecular weight is 217 g/mol. The molecule has 0 aliphatic carbocycles. The van der Waals surface area contributed by atoms with E-state index in [1.807, 2.05) is 30.3 Å². The highest BCUT2D eigenvalue weighted by Crippen LogP contribution is 2.38. The van der Waals surface area contributed by atoms with E-state index in [-0.39, 0.29) is 11.5 Å². The molecule has 4 N–H and O–H groups in total. The lowest BCUT2D eigenvalue weighted by atomic mass is 10.2. The van der Waals surface area contributed by atoms with Crippen molar-refractivity contribution in [1.29, 1.82) is 0 Å². The van der Waals surface area contributed by atoms with Crippen LogP contribution in [-0.4, -0.2) is 15.3 Å². The van der Waals surface area contributed by atoms with E-state index in [4.69, 9.17) is 5.11 Å². The quantitative estimate of drug-likeness (QED) is 0.460. The van der Waals surface area contributed by atoms with Gasteiger partial charge in [-0.15, -0.1) is 0 Å². The SMILES string of the molecule is Oc1cc(Nc2ccccc2)cc(O)c1O. The van der Waals surface area contributed by atoms with E-state index < -0.39 is 5.75 Å². The Hall–Kier alpha value is -2.36. The Labute approximate surface area is 92.4 Å². The predicted octanol–water partition coefficient (Wildman–Crippen LogP) is 2.55. The molecule has 0 aliphatic rings. The van der Waals surface area contributed by atoms with Crippen LogP contribution in [0.2, 0.25) is 0 Å². The maximum Gasteiger partial charge on any atom is 0.200 e. The summed E-state index contributed by atoms with van der Waals surface area (Å²) in [5.74, 6) is -1.24. The fraction of sp³-hybridized carbons (Fsp3) is 0. The predicted molar refractivity (Wildman–Crippen MR) is 61.2 cm³/mol. The number of anilines is 2. The van der Waals surface area contributed by atoms with Crippen molar-refractivity contribution < 1.29 is 15.3 Å². The third-order valence-corrected chi connectivity index (χ3v) is 2.13. The summed E-state index contributed by atoms with van der Waals surface area (Å²) in [7, 11) is 0. The van der Waals surface area contributed by atoms with Gasteiger partial charge in [0.2, 0.25) is 0 Å². The van der Waals surface area contributed by atoms with E-state index in [2.05, 4.69) is 5.32 Å². The summed E-state index contributed by atoms with van der Waals surface area (Å²) in [6.45, 7) is 0. The first-order valence-corrected chi connectivity index (χ1v) is 4.74.